The lowest BCUT2D eigenvalue weighted by atomic mass is 9.98. The van der Waals surface area contributed by atoms with Crippen LogP contribution >= 0.6 is 23.7 Å². The number of hydrogen-bond acceptors (Lipinski definition) is 5. The quantitative estimate of drug-likeness (QED) is 0.496. The molecular weight excluding hydrogens is 430 g/mol. The third-order valence-corrected chi connectivity index (χ3v) is 6.98. The van der Waals surface area contributed by atoms with Crippen LogP contribution in [-0.2, 0) is 12.8 Å². The van der Waals surface area contributed by atoms with E-state index in [1.165, 1.54) is 28.7 Å². The summed E-state index contributed by atoms with van der Waals surface area (Å²) in [5.41, 5.74) is 4.80. The summed E-state index contributed by atoms with van der Waals surface area (Å²) in [4.78, 5) is 23.9. The first-order chi connectivity index (χ1) is 14.6. The molecule has 4 aromatic rings. The van der Waals surface area contributed by atoms with E-state index in [1.54, 1.807) is 4.40 Å². The molecule has 0 aliphatic carbocycles. The minimum Gasteiger partial charge on any atom is -0.361 e. The predicted molar refractivity (Wildman–Crippen MR) is 126 cm³/mol. The van der Waals surface area contributed by atoms with Gasteiger partial charge >= 0.3 is 0 Å². The highest BCUT2D eigenvalue weighted by Crippen LogP contribution is 2.26. The van der Waals surface area contributed by atoms with Gasteiger partial charge in [0.25, 0.3) is 5.56 Å². The summed E-state index contributed by atoms with van der Waals surface area (Å²) in [6.45, 7) is 4.96. The van der Waals surface area contributed by atoms with E-state index in [-0.39, 0.29) is 18.0 Å². The number of nitrogens with one attached hydrogen (secondary N) is 1. The number of fused-ring (bicyclic) bond motifs is 2. The molecule has 0 radical (unpaired) electrons. The first kappa shape index (κ1) is 21.6. The molecular formula is C23H24ClN5OS. The molecule has 1 atom stereocenters. The molecule has 5 rings (SSSR count). The molecule has 1 aliphatic heterocycles. The Bertz CT molecular complexity index is 1330. The van der Waals surface area contributed by atoms with E-state index < -0.39 is 0 Å². The maximum Gasteiger partial charge on any atom is 0.261 e. The summed E-state index contributed by atoms with van der Waals surface area (Å²) in [5.74, 6) is 0.610. The topological polar surface area (TPSA) is 77.2 Å². The lowest BCUT2D eigenvalue weighted by Crippen LogP contribution is -2.28. The fourth-order valence-corrected chi connectivity index (χ4v) is 5.35. The Morgan fingerprint density at radius 3 is 3.10 bits per heavy atom. The number of aromatic amines is 1. The molecule has 4 heterocycles. The van der Waals surface area contributed by atoms with Crippen LogP contribution in [0.1, 0.15) is 28.8 Å². The summed E-state index contributed by atoms with van der Waals surface area (Å²) in [6, 6.07) is 8.05. The zero-order valence-corrected chi connectivity index (χ0v) is 18.9. The summed E-state index contributed by atoms with van der Waals surface area (Å²) in [6.07, 6.45) is 6.84. The van der Waals surface area contributed by atoms with Gasteiger partial charge in [-0.25, -0.2) is 4.98 Å². The normalized spacial score (nSPS) is 16.6. The number of thiazole rings is 1. The number of nitriles is 1. The van der Waals surface area contributed by atoms with Crippen LogP contribution in [-0.4, -0.2) is 38.9 Å². The average Bonchev–Trinajstić information content (AvgIpc) is 3.48. The van der Waals surface area contributed by atoms with Crippen molar-refractivity contribution < 1.29 is 0 Å². The Labute approximate surface area is 190 Å². The molecule has 0 saturated carbocycles. The van der Waals surface area contributed by atoms with Gasteiger partial charge in [-0.3, -0.25) is 9.20 Å². The molecule has 1 aliphatic rings. The monoisotopic (exact) mass is 453 g/mol. The van der Waals surface area contributed by atoms with Gasteiger partial charge in [0.05, 0.1) is 11.6 Å². The molecule has 8 heteroatoms. The second-order valence-corrected chi connectivity index (χ2v) is 9.01. The third kappa shape index (κ3) is 4.11. The smallest absolute Gasteiger partial charge is 0.261 e. The molecule has 31 heavy (non-hydrogen) atoms. The van der Waals surface area contributed by atoms with Crippen LogP contribution in [0.15, 0.2) is 40.8 Å². The van der Waals surface area contributed by atoms with Crippen molar-refractivity contribution in [3.8, 4) is 6.07 Å². The molecule has 1 N–H and O–H groups in total. The van der Waals surface area contributed by atoms with Crippen molar-refractivity contribution >= 4 is 39.6 Å². The fraction of sp³-hybridized carbons (Fsp3) is 0.348. The Balaban J connectivity index is 0.00000231. The van der Waals surface area contributed by atoms with Gasteiger partial charge in [0.15, 0.2) is 4.96 Å². The Morgan fingerprint density at radius 1 is 1.39 bits per heavy atom. The SMILES string of the molecule is Cc1nc2sccn2c(=O)c1CCN1CCC(Cc2c[nH]c3cc(C#N)ccc23)C1.Cl. The summed E-state index contributed by atoms with van der Waals surface area (Å²) >= 11 is 1.50. The van der Waals surface area contributed by atoms with E-state index in [0.29, 0.717) is 11.5 Å². The van der Waals surface area contributed by atoms with E-state index in [1.807, 2.05) is 30.6 Å². The molecule has 0 bridgehead atoms. The first-order valence-corrected chi connectivity index (χ1v) is 11.2. The minimum atomic E-state index is 0. The lowest BCUT2D eigenvalue weighted by molar-refractivity contribution is 0.327. The van der Waals surface area contributed by atoms with Crippen molar-refractivity contribution in [3.05, 3.63) is 68.7 Å². The fourth-order valence-electron chi connectivity index (χ4n) is 4.59. The molecule has 3 aromatic heterocycles. The number of aromatic nitrogens is 3. The maximum atomic E-state index is 12.7. The van der Waals surface area contributed by atoms with Gasteiger partial charge in [0, 0.05) is 53.0 Å². The summed E-state index contributed by atoms with van der Waals surface area (Å²) < 4.78 is 1.66. The molecule has 160 valence electrons. The zero-order valence-electron chi connectivity index (χ0n) is 17.3. The zero-order chi connectivity index (χ0) is 20.7. The number of nitrogens with zero attached hydrogens (tertiary/aromatic N) is 4. The number of rotatable bonds is 5. The molecule has 6 nitrogen and oxygen atoms in total. The first-order valence-electron chi connectivity index (χ1n) is 10.3. The van der Waals surface area contributed by atoms with Crippen molar-refractivity contribution in [2.24, 2.45) is 5.92 Å². The van der Waals surface area contributed by atoms with Crippen molar-refractivity contribution in [1.82, 2.24) is 19.3 Å². The van der Waals surface area contributed by atoms with E-state index in [0.717, 1.165) is 54.2 Å². The minimum absolute atomic E-state index is 0. The van der Waals surface area contributed by atoms with Crippen LogP contribution in [0.2, 0.25) is 0 Å². The van der Waals surface area contributed by atoms with Crippen LogP contribution in [0.25, 0.3) is 15.9 Å². The highest BCUT2D eigenvalue weighted by atomic mass is 35.5. The number of H-pyrrole nitrogens is 1. The maximum absolute atomic E-state index is 12.7. The lowest BCUT2D eigenvalue weighted by Gasteiger charge is -2.16. The second-order valence-electron chi connectivity index (χ2n) is 8.13. The van der Waals surface area contributed by atoms with E-state index >= 15 is 0 Å². The van der Waals surface area contributed by atoms with Crippen LogP contribution in [0.5, 0.6) is 0 Å². The van der Waals surface area contributed by atoms with Crippen molar-refractivity contribution in [2.75, 3.05) is 19.6 Å². The molecule has 0 amide bonds. The van der Waals surface area contributed by atoms with Gasteiger partial charge in [0.1, 0.15) is 0 Å². The molecule has 1 aromatic carbocycles. The van der Waals surface area contributed by atoms with Gasteiger partial charge in [-0.05, 0) is 56.3 Å². The van der Waals surface area contributed by atoms with Gasteiger partial charge < -0.3 is 9.88 Å². The van der Waals surface area contributed by atoms with Crippen molar-refractivity contribution in [1.29, 1.82) is 5.26 Å². The van der Waals surface area contributed by atoms with Crippen molar-refractivity contribution in [2.45, 2.75) is 26.2 Å². The van der Waals surface area contributed by atoms with E-state index in [9.17, 15) is 4.79 Å². The number of benzene rings is 1. The van der Waals surface area contributed by atoms with E-state index in [2.05, 4.69) is 33.2 Å². The number of likely N-dealkylation sites (tertiary alicyclic amines) is 1. The van der Waals surface area contributed by atoms with Crippen LogP contribution in [0.4, 0.5) is 0 Å². The summed E-state index contributed by atoms with van der Waals surface area (Å²) in [5, 5.41) is 12.2. The summed E-state index contributed by atoms with van der Waals surface area (Å²) in [7, 11) is 0. The molecule has 0 spiro atoms. The second kappa shape index (κ2) is 8.83. The number of halogens is 1. The number of aryl methyl sites for hydroxylation is 1. The largest absolute Gasteiger partial charge is 0.361 e. The van der Waals surface area contributed by atoms with Gasteiger partial charge in [-0.1, -0.05) is 6.07 Å². The van der Waals surface area contributed by atoms with Crippen LogP contribution < -0.4 is 5.56 Å². The van der Waals surface area contributed by atoms with Crippen LogP contribution in [0.3, 0.4) is 0 Å². The standard InChI is InChI=1S/C23H23N5OS.ClH/c1-15-19(22(29)28-8-9-30-23(28)26-15)5-7-27-6-4-17(14-27)10-18-13-25-21-11-16(12-24)2-3-20(18)21;/h2-3,8-9,11,13,17,25H,4-7,10,14H2,1H3;1H. The van der Waals surface area contributed by atoms with Gasteiger partial charge in [-0.2, -0.15) is 5.26 Å². The van der Waals surface area contributed by atoms with Crippen LogP contribution in [0, 0.1) is 24.2 Å². The highest BCUT2D eigenvalue weighted by Gasteiger charge is 2.24. The molecule has 1 unspecified atom stereocenters. The third-order valence-electron chi connectivity index (χ3n) is 6.22. The van der Waals surface area contributed by atoms with Crippen molar-refractivity contribution in [3.63, 3.8) is 0 Å². The molecule has 1 fully saturated rings. The van der Waals surface area contributed by atoms with Gasteiger partial charge in [0.2, 0.25) is 0 Å². The Kier molecular flexibility index (Phi) is 6.15. The molecule has 1 saturated heterocycles. The predicted octanol–water partition coefficient (Wildman–Crippen LogP) is 3.95. The number of hydrogen-bond donors (Lipinski definition) is 1. The average molecular weight is 454 g/mol. The Hall–Kier alpha value is -2.66. The highest BCUT2D eigenvalue weighted by molar-refractivity contribution is 7.15. The Morgan fingerprint density at radius 2 is 2.26 bits per heavy atom. The van der Waals surface area contributed by atoms with Gasteiger partial charge in [-0.15, -0.1) is 23.7 Å². The van der Waals surface area contributed by atoms with E-state index in [4.69, 9.17) is 5.26 Å².